The van der Waals surface area contributed by atoms with Crippen LogP contribution in [0.15, 0.2) is 96.0 Å². The molecule has 0 aliphatic carbocycles. The summed E-state index contributed by atoms with van der Waals surface area (Å²) < 4.78 is 5.27. The number of ether oxygens (including phenoxy) is 1. The van der Waals surface area contributed by atoms with Gasteiger partial charge in [-0.1, -0.05) is 84.6 Å². The summed E-state index contributed by atoms with van der Waals surface area (Å²) in [5.74, 6) is 0.232. The first-order chi connectivity index (χ1) is 16.1. The number of carbonyl (C=O) groups excluding carboxylic acids is 1. The minimum absolute atomic E-state index is 0.395. The van der Waals surface area contributed by atoms with Gasteiger partial charge in [0.25, 0.3) is 0 Å². The second-order valence-corrected chi connectivity index (χ2v) is 8.35. The van der Waals surface area contributed by atoms with Crippen LogP contribution in [-0.2, 0) is 4.79 Å². The van der Waals surface area contributed by atoms with Gasteiger partial charge in [-0.3, -0.25) is 4.79 Å². The number of amides is 1. The summed E-state index contributed by atoms with van der Waals surface area (Å²) in [5.41, 5.74) is 10.1. The van der Waals surface area contributed by atoms with Gasteiger partial charge in [0.15, 0.2) is 0 Å². The van der Waals surface area contributed by atoms with Crippen molar-refractivity contribution < 1.29 is 9.53 Å². The van der Waals surface area contributed by atoms with E-state index in [4.69, 9.17) is 15.5 Å². The highest BCUT2D eigenvalue weighted by molar-refractivity contribution is 8.00. The molecule has 0 aliphatic heterocycles. The Morgan fingerprint density at radius 2 is 1.61 bits per heavy atom. The molecule has 1 amide bonds. The average Bonchev–Trinajstić information content (AvgIpc) is 2.87. The van der Waals surface area contributed by atoms with Crippen LogP contribution in [0.2, 0.25) is 0 Å². The molecule has 1 aromatic heterocycles. The lowest BCUT2D eigenvalue weighted by molar-refractivity contribution is -0.117. The molecule has 3 aromatic carbocycles. The maximum atomic E-state index is 12.4. The smallest absolute Gasteiger partial charge is 0.235 e. The van der Waals surface area contributed by atoms with E-state index in [9.17, 15) is 10.1 Å². The first-order valence-electron chi connectivity index (χ1n) is 10.3. The van der Waals surface area contributed by atoms with Crippen molar-refractivity contribution in [3.05, 3.63) is 102 Å². The number of nitrogens with two attached hydrogens (primary N) is 1. The number of thioether (sulfide) groups is 1. The molecular weight excluding hydrogens is 430 g/mol. The molecule has 1 heterocycles. The molecule has 0 saturated carbocycles. The second-order valence-electron chi connectivity index (χ2n) is 7.25. The average molecular weight is 452 g/mol. The number of nitriles is 1. The molecule has 0 fully saturated rings. The van der Waals surface area contributed by atoms with Crippen molar-refractivity contribution in [1.29, 1.82) is 5.26 Å². The number of hydrogen-bond donors (Lipinski definition) is 1. The van der Waals surface area contributed by atoms with E-state index in [0.717, 1.165) is 28.0 Å². The molecule has 33 heavy (non-hydrogen) atoms. The van der Waals surface area contributed by atoms with Crippen LogP contribution in [0.1, 0.15) is 16.4 Å². The van der Waals surface area contributed by atoms with Gasteiger partial charge in [0.05, 0.1) is 18.4 Å². The predicted octanol–water partition coefficient (Wildman–Crippen LogP) is 5.61. The summed E-state index contributed by atoms with van der Waals surface area (Å²) in [5, 5.41) is 9.88. The summed E-state index contributed by atoms with van der Waals surface area (Å²) in [6.07, 6.45) is 0. The van der Waals surface area contributed by atoms with Crippen LogP contribution >= 0.6 is 11.8 Å². The Hall–Kier alpha value is -4.08. The van der Waals surface area contributed by atoms with Crippen molar-refractivity contribution in [2.45, 2.75) is 10.3 Å². The molecule has 2 N–H and O–H groups in total. The van der Waals surface area contributed by atoms with E-state index in [1.54, 1.807) is 7.11 Å². The van der Waals surface area contributed by atoms with E-state index < -0.39 is 11.2 Å². The lowest BCUT2D eigenvalue weighted by Gasteiger charge is -2.17. The predicted molar refractivity (Wildman–Crippen MR) is 131 cm³/mol. The standard InChI is InChI=1S/C27H21N3O2S/c1-32-21-14-12-18(13-15-21)22-16-24(19-8-4-2-5-9-19)30-27(23(22)17-28)33-25(26(29)31)20-10-6-3-7-11-20/h2-16,25H,1H3,(H2,29,31). The fourth-order valence-electron chi connectivity index (χ4n) is 3.50. The fourth-order valence-corrected chi connectivity index (χ4v) is 4.56. The lowest BCUT2D eigenvalue weighted by Crippen LogP contribution is -2.19. The second kappa shape index (κ2) is 10.0. The monoisotopic (exact) mass is 451 g/mol. The number of pyridine rings is 1. The van der Waals surface area contributed by atoms with E-state index in [1.165, 1.54) is 11.8 Å². The van der Waals surface area contributed by atoms with Crippen molar-refractivity contribution in [3.63, 3.8) is 0 Å². The van der Waals surface area contributed by atoms with E-state index in [1.807, 2.05) is 91.0 Å². The van der Waals surface area contributed by atoms with Gasteiger partial charge in [-0.25, -0.2) is 4.98 Å². The molecule has 1 unspecified atom stereocenters. The van der Waals surface area contributed by atoms with Crippen LogP contribution in [0.3, 0.4) is 0 Å². The maximum absolute atomic E-state index is 12.4. The van der Waals surface area contributed by atoms with Gasteiger partial charge < -0.3 is 10.5 Å². The highest BCUT2D eigenvalue weighted by Crippen LogP contribution is 2.40. The zero-order chi connectivity index (χ0) is 23.2. The largest absolute Gasteiger partial charge is 0.497 e. The van der Waals surface area contributed by atoms with Crippen LogP contribution in [0, 0.1) is 11.3 Å². The van der Waals surface area contributed by atoms with Crippen molar-refractivity contribution in [3.8, 4) is 34.2 Å². The third kappa shape index (κ3) is 4.89. The third-order valence-corrected chi connectivity index (χ3v) is 6.42. The van der Waals surface area contributed by atoms with Crippen molar-refractivity contribution >= 4 is 17.7 Å². The highest BCUT2D eigenvalue weighted by Gasteiger charge is 2.24. The van der Waals surface area contributed by atoms with Gasteiger partial charge in [-0.2, -0.15) is 5.26 Å². The van der Waals surface area contributed by atoms with Crippen LogP contribution in [0.5, 0.6) is 5.75 Å². The van der Waals surface area contributed by atoms with Crippen LogP contribution in [-0.4, -0.2) is 18.0 Å². The maximum Gasteiger partial charge on any atom is 0.235 e. The topological polar surface area (TPSA) is 89.0 Å². The summed E-state index contributed by atoms with van der Waals surface area (Å²) >= 11 is 1.19. The van der Waals surface area contributed by atoms with E-state index in [-0.39, 0.29) is 0 Å². The Morgan fingerprint density at radius 3 is 2.18 bits per heavy atom. The molecule has 0 aliphatic rings. The number of rotatable bonds is 7. The summed E-state index contributed by atoms with van der Waals surface area (Å²) in [6.45, 7) is 0. The van der Waals surface area contributed by atoms with E-state index in [0.29, 0.717) is 16.3 Å². The summed E-state index contributed by atoms with van der Waals surface area (Å²) in [6, 6.07) is 30.7. The number of nitrogens with zero attached hydrogens (tertiary/aromatic N) is 2. The number of carbonyl (C=O) groups is 1. The minimum Gasteiger partial charge on any atom is -0.497 e. The van der Waals surface area contributed by atoms with Gasteiger partial charge in [0.2, 0.25) is 5.91 Å². The third-order valence-electron chi connectivity index (χ3n) is 5.16. The summed E-state index contributed by atoms with van der Waals surface area (Å²) in [7, 11) is 1.61. The molecular formula is C27H21N3O2S. The number of primary amides is 1. The lowest BCUT2D eigenvalue weighted by atomic mass is 9.99. The van der Waals surface area contributed by atoms with Gasteiger partial charge in [-0.05, 0) is 29.3 Å². The van der Waals surface area contributed by atoms with Crippen molar-refractivity contribution in [2.24, 2.45) is 5.73 Å². The van der Waals surface area contributed by atoms with Gasteiger partial charge in [0, 0.05) is 11.1 Å². The SMILES string of the molecule is COc1ccc(-c2cc(-c3ccccc3)nc(SC(C(N)=O)c3ccccc3)c2C#N)cc1. The Labute approximate surface area is 196 Å². The zero-order valence-corrected chi connectivity index (χ0v) is 18.8. The highest BCUT2D eigenvalue weighted by atomic mass is 32.2. The molecule has 0 bridgehead atoms. The molecule has 4 rings (SSSR count). The molecule has 0 radical (unpaired) electrons. The van der Waals surface area contributed by atoms with Crippen molar-refractivity contribution in [1.82, 2.24) is 4.98 Å². The number of hydrogen-bond acceptors (Lipinski definition) is 5. The molecule has 162 valence electrons. The quantitative estimate of drug-likeness (QED) is 0.369. The number of benzene rings is 3. The Balaban J connectivity index is 1.89. The van der Waals surface area contributed by atoms with Gasteiger partial charge in [-0.15, -0.1) is 0 Å². The normalized spacial score (nSPS) is 11.4. The molecule has 6 heteroatoms. The van der Waals surface area contributed by atoms with E-state index >= 15 is 0 Å². The first-order valence-corrected chi connectivity index (χ1v) is 11.1. The Kier molecular flexibility index (Phi) is 6.72. The fraction of sp³-hybridized carbons (Fsp3) is 0.0741. The van der Waals surface area contributed by atoms with Gasteiger partial charge >= 0.3 is 0 Å². The minimum atomic E-state index is -0.680. The number of methoxy groups -OCH3 is 1. The summed E-state index contributed by atoms with van der Waals surface area (Å²) in [4.78, 5) is 17.2. The molecule has 1 atom stereocenters. The molecule has 0 spiro atoms. The van der Waals surface area contributed by atoms with Crippen LogP contribution in [0.25, 0.3) is 22.4 Å². The van der Waals surface area contributed by atoms with E-state index in [2.05, 4.69) is 6.07 Å². The van der Waals surface area contributed by atoms with Crippen LogP contribution < -0.4 is 10.5 Å². The molecule has 5 nitrogen and oxygen atoms in total. The Morgan fingerprint density at radius 1 is 0.970 bits per heavy atom. The first kappa shape index (κ1) is 22.1. The molecule has 4 aromatic rings. The Bertz CT molecular complexity index is 1300. The number of aromatic nitrogens is 1. The van der Waals surface area contributed by atoms with Crippen LogP contribution in [0.4, 0.5) is 0 Å². The zero-order valence-electron chi connectivity index (χ0n) is 17.9. The molecule has 0 saturated heterocycles. The van der Waals surface area contributed by atoms with Gasteiger partial charge in [0.1, 0.15) is 22.1 Å². The van der Waals surface area contributed by atoms with Crippen molar-refractivity contribution in [2.75, 3.05) is 7.11 Å².